The molecule has 0 saturated heterocycles. The molecule has 10 heavy (non-hydrogen) atoms. The van der Waals surface area contributed by atoms with Crippen LogP contribution < -0.4 is 0 Å². The van der Waals surface area contributed by atoms with Gasteiger partial charge in [-0.2, -0.15) is 0 Å². The summed E-state index contributed by atoms with van der Waals surface area (Å²) >= 11 is 0.762. The van der Waals surface area contributed by atoms with Gasteiger partial charge in [0, 0.05) is 17.1 Å². The maximum Gasteiger partial charge on any atom is 0.462 e. The second-order valence-corrected chi connectivity index (χ2v) is 3.96. The summed E-state index contributed by atoms with van der Waals surface area (Å²) in [6, 6.07) is 0. The second-order valence-electron chi connectivity index (χ2n) is 3.10. The topological polar surface area (TPSA) is 17.1 Å². The molecule has 0 radical (unpaired) electrons. The van der Waals surface area contributed by atoms with Gasteiger partial charge in [-0.15, -0.1) is 0 Å². The largest absolute Gasteiger partial charge is 0.462 e. The minimum absolute atomic E-state index is 0.349. The van der Waals surface area contributed by atoms with E-state index in [2.05, 4.69) is 20.8 Å². The van der Waals surface area contributed by atoms with Crippen molar-refractivity contribution in [3.05, 3.63) is 0 Å². The number of hydrogen-bond acceptors (Lipinski definition) is 1. The standard InChI is InChI=1S/C8H17OS/c1-4-8(10-9)6-5-7(2)3/h7-8H,4-6H2,1-3H3/q+1. The van der Waals surface area contributed by atoms with Gasteiger partial charge in [0.15, 0.2) is 0 Å². The van der Waals surface area contributed by atoms with E-state index in [1.54, 1.807) is 0 Å². The first kappa shape index (κ1) is 10.0. The quantitative estimate of drug-likeness (QED) is 0.566. The molecule has 1 nitrogen and oxygen atoms in total. The Morgan fingerprint density at radius 3 is 2.20 bits per heavy atom. The Balaban J connectivity index is 3.34. The smallest absolute Gasteiger partial charge is 0.0628 e. The van der Waals surface area contributed by atoms with Crippen LogP contribution in [0.5, 0.6) is 0 Å². The molecule has 0 spiro atoms. The predicted octanol–water partition coefficient (Wildman–Crippen LogP) is 2.63. The number of rotatable bonds is 5. The summed E-state index contributed by atoms with van der Waals surface area (Å²) in [6.07, 6.45) is 3.29. The summed E-state index contributed by atoms with van der Waals surface area (Å²) in [5.74, 6) is 0.737. The van der Waals surface area contributed by atoms with Crippen LogP contribution >= 0.6 is 0 Å². The van der Waals surface area contributed by atoms with Gasteiger partial charge < -0.3 is 0 Å². The Bertz CT molecular complexity index is 91.3. The first-order valence-corrected chi connectivity index (χ1v) is 4.79. The molecule has 0 aromatic rings. The molecule has 0 rings (SSSR count). The highest BCUT2D eigenvalue weighted by atomic mass is 32.1. The third-order valence-corrected chi connectivity index (χ3v) is 2.50. The van der Waals surface area contributed by atoms with Crippen LogP contribution in [0, 0.1) is 5.92 Å². The molecule has 0 saturated carbocycles. The van der Waals surface area contributed by atoms with Crippen molar-refractivity contribution in [2.24, 2.45) is 5.92 Å². The first-order valence-electron chi connectivity index (χ1n) is 3.99. The van der Waals surface area contributed by atoms with Crippen molar-refractivity contribution in [3.8, 4) is 0 Å². The van der Waals surface area contributed by atoms with E-state index in [0.29, 0.717) is 5.25 Å². The van der Waals surface area contributed by atoms with E-state index in [1.165, 1.54) is 6.42 Å². The van der Waals surface area contributed by atoms with Crippen molar-refractivity contribution in [3.63, 3.8) is 0 Å². The lowest BCUT2D eigenvalue weighted by molar-refractivity contribution is 0.530. The maximum atomic E-state index is 10.4. The molecule has 0 N–H and O–H groups in total. The van der Waals surface area contributed by atoms with Crippen LogP contribution in [0.25, 0.3) is 0 Å². The van der Waals surface area contributed by atoms with Gasteiger partial charge in [0.25, 0.3) is 0 Å². The average molecular weight is 161 g/mol. The van der Waals surface area contributed by atoms with Crippen molar-refractivity contribution in [2.45, 2.75) is 45.3 Å². The van der Waals surface area contributed by atoms with Crippen molar-refractivity contribution in [1.29, 1.82) is 0 Å². The molecule has 60 valence electrons. The summed E-state index contributed by atoms with van der Waals surface area (Å²) in [6.45, 7) is 6.47. The fraction of sp³-hybridized carbons (Fsp3) is 1.00. The van der Waals surface area contributed by atoms with E-state index in [9.17, 15) is 4.21 Å². The highest BCUT2D eigenvalue weighted by Crippen LogP contribution is 2.09. The zero-order valence-electron chi connectivity index (χ0n) is 7.09. The van der Waals surface area contributed by atoms with Gasteiger partial charge in [-0.3, -0.25) is 0 Å². The minimum Gasteiger partial charge on any atom is -0.0628 e. The zero-order chi connectivity index (χ0) is 7.98. The summed E-state index contributed by atoms with van der Waals surface area (Å²) in [5, 5.41) is 0.349. The number of hydrogen-bond donors (Lipinski definition) is 0. The summed E-state index contributed by atoms with van der Waals surface area (Å²) in [4.78, 5) is 0. The fourth-order valence-electron chi connectivity index (χ4n) is 0.840. The molecule has 0 aromatic carbocycles. The monoisotopic (exact) mass is 161 g/mol. The Hall–Kier alpha value is 0.0200. The van der Waals surface area contributed by atoms with Gasteiger partial charge >= 0.3 is 11.7 Å². The molecule has 0 aromatic heterocycles. The van der Waals surface area contributed by atoms with E-state index >= 15 is 0 Å². The normalized spacial score (nSPS) is 13.6. The van der Waals surface area contributed by atoms with Crippen LogP contribution in [0.4, 0.5) is 0 Å². The molecule has 0 heterocycles. The van der Waals surface area contributed by atoms with Gasteiger partial charge in [0.2, 0.25) is 5.25 Å². The maximum absolute atomic E-state index is 10.4. The first-order chi connectivity index (χ1) is 4.70. The highest BCUT2D eigenvalue weighted by Gasteiger charge is 2.18. The summed E-state index contributed by atoms with van der Waals surface area (Å²) in [5.41, 5.74) is 0. The van der Waals surface area contributed by atoms with Crippen LogP contribution in [0.2, 0.25) is 0 Å². The molecular weight excluding hydrogens is 144 g/mol. The zero-order valence-corrected chi connectivity index (χ0v) is 7.91. The molecule has 2 heteroatoms. The average Bonchev–Trinajstić information content (AvgIpc) is 1.90. The van der Waals surface area contributed by atoms with Crippen molar-refractivity contribution < 1.29 is 4.21 Å². The molecule has 0 fully saturated rings. The lowest BCUT2D eigenvalue weighted by Crippen LogP contribution is -2.04. The van der Waals surface area contributed by atoms with Gasteiger partial charge in [-0.1, -0.05) is 20.8 Å². The van der Waals surface area contributed by atoms with Crippen LogP contribution in [0.3, 0.4) is 0 Å². The van der Waals surface area contributed by atoms with Crippen LogP contribution in [0.1, 0.15) is 40.0 Å². The van der Waals surface area contributed by atoms with Gasteiger partial charge in [-0.05, 0) is 12.3 Å². The third-order valence-electron chi connectivity index (χ3n) is 1.66. The summed E-state index contributed by atoms with van der Waals surface area (Å²) in [7, 11) is 0. The van der Waals surface area contributed by atoms with Gasteiger partial charge in [-0.25, -0.2) is 0 Å². The van der Waals surface area contributed by atoms with Crippen LogP contribution in [-0.4, -0.2) is 5.25 Å². The lowest BCUT2D eigenvalue weighted by atomic mass is 10.1. The Morgan fingerprint density at radius 2 is 1.90 bits per heavy atom. The van der Waals surface area contributed by atoms with E-state index in [0.717, 1.165) is 30.4 Å². The van der Waals surface area contributed by atoms with E-state index in [1.807, 2.05) is 0 Å². The van der Waals surface area contributed by atoms with E-state index in [-0.39, 0.29) is 0 Å². The molecule has 0 bridgehead atoms. The molecule has 0 aliphatic carbocycles. The van der Waals surface area contributed by atoms with Crippen molar-refractivity contribution in [2.75, 3.05) is 0 Å². The van der Waals surface area contributed by atoms with Gasteiger partial charge in [0.1, 0.15) is 0 Å². The summed E-state index contributed by atoms with van der Waals surface area (Å²) < 4.78 is 10.4. The second kappa shape index (κ2) is 5.78. The molecule has 0 aliphatic heterocycles. The van der Waals surface area contributed by atoms with Crippen LogP contribution in [-0.2, 0) is 15.9 Å². The van der Waals surface area contributed by atoms with E-state index < -0.39 is 0 Å². The molecular formula is C8H17OS+. The Labute approximate surface area is 67.7 Å². The van der Waals surface area contributed by atoms with Gasteiger partial charge in [0.05, 0.1) is 0 Å². The van der Waals surface area contributed by atoms with Crippen molar-refractivity contribution in [1.82, 2.24) is 0 Å². The molecule has 0 amide bonds. The third kappa shape index (κ3) is 4.86. The Kier molecular flexibility index (Phi) is 5.79. The SMILES string of the molecule is CCC(CCC(C)C)[S+]=O. The van der Waals surface area contributed by atoms with Crippen LogP contribution in [0.15, 0.2) is 0 Å². The molecule has 1 unspecified atom stereocenters. The Morgan fingerprint density at radius 1 is 1.30 bits per heavy atom. The van der Waals surface area contributed by atoms with E-state index in [4.69, 9.17) is 0 Å². The predicted molar refractivity (Wildman–Crippen MR) is 46.2 cm³/mol. The highest BCUT2D eigenvalue weighted by molar-refractivity contribution is 7.66. The fourth-order valence-corrected chi connectivity index (χ4v) is 1.21. The molecule has 1 atom stereocenters. The van der Waals surface area contributed by atoms with Crippen molar-refractivity contribution >= 4 is 11.7 Å². The lowest BCUT2D eigenvalue weighted by Gasteiger charge is -2.01. The minimum atomic E-state index is 0.349. The molecule has 0 aliphatic rings.